The van der Waals surface area contributed by atoms with Gasteiger partial charge in [-0.3, -0.25) is 0 Å². The molecule has 1 aliphatic rings. The molecule has 0 aromatic rings. The molecule has 0 bridgehead atoms. The van der Waals surface area contributed by atoms with Crippen LogP contribution in [0.5, 0.6) is 0 Å². The molecule has 10 heavy (non-hydrogen) atoms. The summed E-state index contributed by atoms with van der Waals surface area (Å²) in [5.74, 6) is 0.844. The lowest BCUT2D eigenvalue weighted by molar-refractivity contribution is 0.771. The van der Waals surface area contributed by atoms with Gasteiger partial charge in [0, 0.05) is 13.2 Å². The predicted octanol–water partition coefficient (Wildman–Crippen LogP) is 0.582. The number of hydrazine groups is 1. The molecule has 0 fully saturated rings. The van der Waals surface area contributed by atoms with Crippen molar-refractivity contribution in [2.24, 2.45) is 4.99 Å². The SMILES string of the molecule is CNNC1=NC=CCC=C1. The van der Waals surface area contributed by atoms with Gasteiger partial charge < -0.3 is 5.43 Å². The Bertz CT molecular complexity index is 179. The Morgan fingerprint density at radius 2 is 2.40 bits per heavy atom. The van der Waals surface area contributed by atoms with Crippen molar-refractivity contribution in [2.75, 3.05) is 7.05 Å². The molecular formula is C7H11N3. The fraction of sp³-hybridized carbons (Fsp3) is 0.286. The first-order chi connectivity index (χ1) is 4.93. The van der Waals surface area contributed by atoms with Gasteiger partial charge in [0.1, 0.15) is 5.84 Å². The van der Waals surface area contributed by atoms with E-state index in [-0.39, 0.29) is 0 Å². The highest BCUT2D eigenvalue weighted by Crippen LogP contribution is 1.92. The lowest BCUT2D eigenvalue weighted by Gasteiger charge is -1.99. The van der Waals surface area contributed by atoms with E-state index in [0.29, 0.717) is 0 Å². The largest absolute Gasteiger partial charge is 0.306 e. The minimum Gasteiger partial charge on any atom is -0.306 e. The first-order valence-electron chi connectivity index (χ1n) is 3.25. The van der Waals surface area contributed by atoms with E-state index in [9.17, 15) is 0 Å². The Hall–Kier alpha value is -1.09. The first kappa shape index (κ1) is 7.02. The van der Waals surface area contributed by atoms with E-state index in [1.165, 1.54) is 0 Å². The van der Waals surface area contributed by atoms with Gasteiger partial charge in [0.05, 0.1) is 0 Å². The van der Waals surface area contributed by atoms with Crippen molar-refractivity contribution < 1.29 is 0 Å². The van der Waals surface area contributed by atoms with Crippen molar-refractivity contribution in [3.8, 4) is 0 Å². The second kappa shape index (κ2) is 3.85. The van der Waals surface area contributed by atoms with Crippen LogP contribution in [-0.4, -0.2) is 12.9 Å². The highest BCUT2D eigenvalue weighted by molar-refractivity contribution is 5.93. The summed E-state index contributed by atoms with van der Waals surface area (Å²) < 4.78 is 0. The zero-order valence-electron chi connectivity index (χ0n) is 5.96. The van der Waals surface area contributed by atoms with Crippen molar-refractivity contribution in [3.05, 3.63) is 24.4 Å². The Kier molecular flexibility index (Phi) is 2.70. The third kappa shape index (κ3) is 2.03. The van der Waals surface area contributed by atoms with Crippen LogP contribution in [-0.2, 0) is 0 Å². The van der Waals surface area contributed by atoms with Crippen LogP contribution in [0.1, 0.15) is 6.42 Å². The normalized spacial score (nSPS) is 16.3. The molecule has 0 aliphatic carbocycles. The van der Waals surface area contributed by atoms with E-state index in [4.69, 9.17) is 0 Å². The average Bonchev–Trinajstić information content (AvgIpc) is 2.17. The summed E-state index contributed by atoms with van der Waals surface area (Å²) in [6.07, 6.45) is 8.74. The van der Waals surface area contributed by atoms with E-state index >= 15 is 0 Å². The summed E-state index contributed by atoms with van der Waals surface area (Å²) in [5, 5.41) is 0. The van der Waals surface area contributed by atoms with Crippen molar-refractivity contribution in [2.45, 2.75) is 6.42 Å². The van der Waals surface area contributed by atoms with Crippen LogP contribution in [0.15, 0.2) is 29.4 Å². The zero-order chi connectivity index (χ0) is 7.23. The van der Waals surface area contributed by atoms with E-state index in [1.54, 1.807) is 6.20 Å². The van der Waals surface area contributed by atoms with E-state index in [2.05, 4.69) is 15.8 Å². The standard InChI is InChI=1S/C7H11N3/c1-8-10-7-5-3-2-4-6-9-7/h3-6,8H,2H2,1H3,(H,9,10). The van der Waals surface area contributed by atoms with Gasteiger partial charge in [0.25, 0.3) is 0 Å². The van der Waals surface area contributed by atoms with Gasteiger partial charge in [-0.25, -0.2) is 10.4 Å². The molecular weight excluding hydrogens is 126 g/mol. The summed E-state index contributed by atoms with van der Waals surface area (Å²) in [7, 11) is 1.81. The lowest BCUT2D eigenvalue weighted by Crippen LogP contribution is -2.32. The molecule has 3 nitrogen and oxygen atoms in total. The third-order valence-electron chi connectivity index (χ3n) is 1.12. The molecule has 1 rings (SSSR count). The maximum atomic E-state index is 4.09. The van der Waals surface area contributed by atoms with Gasteiger partial charge >= 0.3 is 0 Å². The van der Waals surface area contributed by atoms with Crippen molar-refractivity contribution in [1.29, 1.82) is 0 Å². The predicted molar refractivity (Wildman–Crippen MR) is 42.5 cm³/mol. The van der Waals surface area contributed by atoms with Gasteiger partial charge in [0.2, 0.25) is 0 Å². The second-order valence-electron chi connectivity index (χ2n) is 1.91. The molecule has 54 valence electrons. The lowest BCUT2D eigenvalue weighted by atomic mass is 10.4. The zero-order valence-corrected chi connectivity index (χ0v) is 5.96. The molecule has 0 aromatic heterocycles. The van der Waals surface area contributed by atoms with Gasteiger partial charge in [-0.2, -0.15) is 0 Å². The van der Waals surface area contributed by atoms with Crippen LogP contribution in [0.2, 0.25) is 0 Å². The van der Waals surface area contributed by atoms with Crippen LogP contribution in [0.25, 0.3) is 0 Å². The van der Waals surface area contributed by atoms with Gasteiger partial charge in [-0.05, 0) is 12.5 Å². The van der Waals surface area contributed by atoms with E-state index in [0.717, 1.165) is 12.3 Å². The average molecular weight is 137 g/mol. The van der Waals surface area contributed by atoms with E-state index in [1.807, 2.05) is 25.3 Å². The monoisotopic (exact) mass is 137 g/mol. The van der Waals surface area contributed by atoms with Crippen LogP contribution in [0.4, 0.5) is 0 Å². The minimum atomic E-state index is 0.844. The molecule has 2 N–H and O–H groups in total. The molecule has 0 aromatic carbocycles. The summed E-state index contributed by atoms with van der Waals surface area (Å²) in [6, 6.07) is 0. The highest BCUT2D eigenvalue weighted by Gasteiger charge is 1.89. The topological polar surface area (TPSA) is 36.4 Å². The summed E-state index contributed by atoms with van der Waals surface area (Å²) in [6.45, 7) is 0. The number of rotatable bonds is 1. The summed E-state index contributed by atoms with van der Waals surface area (Å²) in [5.41, 5.74) is 5.69. The molecule has 3 heteroatoms. The maximum Gasteiger partial charge on any atom is 0.139 e. The molecule has 0 saturated heterocycles. The molecule has 1 aliphatic heterocycles. The fourth-order valence-corrected chi connectivity index (χ4v) is 0.697. The summed E-state index contributed by atoms with van der Waals surface area (Å²) >= 11 is 0. The fourth-order valence-electron chi connectivity index (χ4n) is 0.697. The quantitative estimate of drug-likeness (QED) is 0.519. The number of nitrogens with one attached hydrogen (secondary N) is 2. The Labute approximate surface area is 60.5 Å². The van der Waals surface area contributed by atoms with Gasteiger partial charge in [-0.15, -0.1) is 0 Å². The Balaban J connectivity index is 2.55. The maximum absolute atomic E-state index is 4.09. The van der Waals surface area contributed by atoms with Crippen LogP contribution >= 0.6 is 0 Å². The van der Waals surface area contributed by atoms with Crippen molar-refractivity contribution in [1.82, 2.24) is 10.9 Å². The molecule has 0 unspecified atom stereocenters. The number of nitrogens with zero attached hydrogens (tertiary/aromatic N) is 1. The number of aliphatic imine (C=N–C) groups is 1. The molecule has 0 atom stereocenters. The number of amidine groups is 1. The van der Waals surface area contributed by atoms with Crippen LogP contribution in [0.3, 0.4) is 0 Å². The first-order valence-corrected chi connectivity index (χ1v) is 3.25. The molecule has 0 spiro atoms. The van der Waals surface area contributed by atoms with Crippen molar-refractivity contribution in [3.63, 3.8) is 0 Å². The van der Waals surface area contributed by atoms with Crippen LogP contribution in [0, 0.1) is 0 Å². The van der Waals surface area contributed by atoms with Crippen LogP contribution < -0.4 is 10.9 Å². The number of allylic oxidation sites excluding steroid dienone is 2. The molecule has 0 radical (unpaired) electrons. The van der Waals surface area contributed by atoms with Gasteiger partial charge in [-0.1, -0.05) is 12.2 Å². The third-order valence-corrected chi connectivity index (χ3v) is 1.12. The Morgan fingerprint density at radius 1 is 1.50 bits per heavy atom. The Morgan fingerprint density at radius 3 is 3.20 bits per heavy atom. The number of hydrogen-bond acceptors (Lipinski definition) is 3. The van der Waals surface area contributed by atoms with Crippen molar-refractivity contribution >= 4 is 5.84 Å². The smallest absolute Gasteiger partial charge is 0.139 e. The molecule has 0 amide bonds. The molecule has 0 saturated carbocycles. The minimum absolute atomic E-state index is 0.844. The van der Waals surface area contributed by atoms with E-state index < -0.39 is 0 Å². The molecule has 1 heterocycles. The van der Waals surface area contributed by atoms with Gasteiger partial charge in [0.15, 0.2) is 0 Å². The number of hydrogen-bond donors (Lipinski definition) is 2. The summed E-state index contributed by atoms with van der Waals surface area (Å²) in [4.78, 5) is 4.09. The highest BCUT2D eigenvalue weighted by atomic mass is 15.4. The second-order valence-corrected chi connectivity index (χ2v) is 1.91.